The lowest BCUT2D eigenvalue weighted by atomic mass is 9.87. The van der Waals surface area contributed by atoms with E-state index >= 15 is 0 Å². The molecule has 7 heteroatoms. The first kappa shape index (κ1) is 22.9. The number of esters is 1. The van der Waals surface area contributed by atoms with Crippen LogP contribution in [0.5, 0.6) is 0 Å². The number of carbonyl (C=O) groups excluding carboxylic acids is 2. The Kier molecular flexibility index (Phi) is 9.12. The van der Waals surface area contributed by atoms with Gasteiger partial charge in [-0.15, -0.1) is 0 Å². The summed E-state index contributed by atoms with van der Waals surface area (Å²) in [7, 11) is 0. The number of benzene rings is 1. The molecular formula is C22H32N2O5. The second kappa shape index (κ2) is 11.6. The maximum absolute atomic E-state index is 13.1. The molecule has 0 radical (unpaired) electrons. The number of carboxylic acids is 1. The summed E-state index contributed by atoms with van der Waals surface area (Å²) in [5, 5.41) is 9.40. The molecule has 0 aliphatic carbocycles. The van der Waals surface area contributed by atoms with Gasteiger partial charge in [0, 0.05) is 12.5 Å². The Balaban J connectivity index is 2.11. The van der Waals surface area contributed by atoms with Crippen LogP contribution in [-0.2, 0) is 25.5 Å². The maximum atomic E-state index is 13.1. The third-order valence-corrected chi connectivity index (χ3v) is 5.50. The number of nitrogens with two attached hydrogens (primary N) is 1. The van der Waals surface area contributed by atoms with Crippen molar-refractivity contribution in [3.05, 3.63) is 35.9 Å². The molecule has 0 unspecified atom stereocenters. The minimum Gasteiger partial charge on any atom is -0.480 e. The van der Waals surface area contributed by atoms with Crippen molar-refractivity contribution < 1.29 is 24.2 Å². The molecule has 3 atom stereocenters. The SMILES string of the molecule is CCOC(=O)[C@H](CCc1ccccc1)C[C@@H](CCN)C(=O)N1CCC[C@H]1C(=O)O. The summed E-state index contributed by atoms with van der Waals surface area (Å²) in [5.41, 5.74) is 6.85. The van der Waals surface area contributed by atoms with E-state index in [0.29, 0.717) is 51.6 Å². The van der Waals surface area contributed by atoms with Gasteiger partial charge in [0.25, 0.3) is 0 Å². The van der Waals surface area contributed by atoms with Crippen molar-refractivity contribution >= 4 is 17.8 Å². The zero-order valence-electron chi connectivity index (χ0n) is 17.1. The number of ether oxygens (including phenoxy) is 1. The first-order valence-electron chi connectivity index (χ1n) is 10.4. The summed E-state index contributed by atoms with van der Waals surface area (Å²) in [6.45, 7) is 2.78. The number of rotatable bonds is 11. The van der Waals surface area contributed by atoms with E-state index in [1.165, 1.54) is 4.90 Å². The number of likely N-dealkylation sites (tertiary alicyclic amines) is 1. The summed E-state index contributed by atoms with van der Waals surface area (Å²) in [6.07, 6.45) is 3.15. The Morgan fingerprint density at radius 1 is 1.21 bits per heavy atom. The highest BCUT2D eigenvalue weighted by Gasteiger charge is 2.38. The highest BCUT2D eigenvalue weighted by molar-refractivity contribution is 5.86. The van der Waals surface area contributed by atoms with Gasteiger partial charge in [0.15, 0.2) is 0 Å². The van der Waals surface area contributed by atoms with Crippen LogP contribution in [0.2, 0.25) is 0 Å². The average Bonchev–Trinajstić information content (AvgIpc) is 3.21. The standard InChI is InChI=1S/C22H32N2O5/c1-2-29-22(28)18(11-10-16-7-4-3-5-8-16)15-17(12-13-23)20(25)24-14-6-9-19(24)21(26)27/h3-5,7-8,17-19H,2,6,9-15,23H2,1H3,(H,26,27)/t17-,18-,19+/m1/s1. The molecule has 29 heavy (non-hydrogen) atoms. The number of hydrogen-bond donors (Lipinski definition) is 2. The number of hydrogen-bond acceptors (Lipinski definition) is 5. The van der Waals surface area contributed by atoms with Crippen molar-refractivity contribution in [1.29, 1.82) is 0 Å². The monoisotopic (exact) mass is 404 g/mol. The molecule has 7 nitrogen and oxygen atoms in total. The number of carboxylic acid groups (broad SMARTS) is 1. The highest BCUT2D eigenvalue weighted by Crippen LogP contribution is 2.27. The second-order valence-corrected chi connectivity index (χ2v) is 7.51. The number of aryl methyl sites for hydroxylation is 1. The van der Waals surface area contributed by atoms with Crippen molar-refractivity contribution in [1.82, 2.24) is 4.90 Å². The Labute approximate surface area is 172 Å². The van der Waals surface area contributed by atoms with E-state index in [1.807, 2.05) is 30.3 Å². The predicted octanol–water partition coefficient (Wildman–Crippen LogP) is 2.23. The van der Waals surface area contributed by atoms with Crippen LogP contribution in [0.1, 0.15) is 44.6 Å². The first-order chi connectivity index (χ1) is 14.0. The number of aliphatic carboxylic acids is 1. The molecule has 3 N–H and O–H groups in total. The van der Waals surface area contributed by atoms with Crippen LogP contribution in [0, 0.1) is 11.8 Å². The molecule has 0 spiro atoms. The van der Waals surface area contributed by atoms with E-state index in [0.717, 1.165) is 5.56 Å². The van der Waals surface area contributed by atoms with Gasteiger partial charge < -0.3 is 20.5 Å². The van der Waals surface area contributed by atoms with Crippen molar-refractivity contribution in [2.75, 3.05) is 19.7 Å². The summed E-state index contributed by atoms with van der Waals surface area (Å²) < 4.78 is 5.25. The van der Waals surface area contributed by atoms with Gasteiger partial charge in [-0.05, 0) is 57.6 Å². The van der Waals surface area contributed by atoms with E-state index in [2.05, 4.69) is 0 Å². The van der Waals surface area contributed by atoms with Crippen LogP contribution in [0.4, 0.5) is 0 Å². The smallest absolute Gasteiger partial charge is 0.326 e. The molecule has 0 bridgehead atoms. The van der Waals surface area contributed by atoms with Crippen molar-refractivity contribution in [3.63, 3.8) is 0 Å². The van der Waals surface area contributed by atoms with Gasteiger partial charge in [-0.25, -0.2) is 4.79 Å². The third kappa shape index (κ3) is 6.56. The van der Waals surface area contributed by atoms with Crippen LogP contribution in [0.15, 0.2) is 30.3 Å². The summed E-state index contributed by atoms with van der Waals surface area (Å²) >= 11 is 0. The van der Waals surface area contributed by atoms with Crippen LogP contribution < -0.4 is 5.73 Å². The van der Waals surface area contributed by atoms with E-state index < -0.39 is 23.8 Å². The minimum absolute atomic E-state index is 0.214. The van der Waals surface area contributed by atoms with Gasteiger partial charge in [-0.2, -0.15) is 0 Å². The van der Waals surface area contributed by atoms with Gasteiger partial charge in [0.1, 0.15) is 6.04 Å². The Morgan fingerprint density at radius 3 is 2.55 bits per heavy atom. The predicted molar refractivity (Wildman–Crippen MR) is 109 cm³/mol. The van der Waals surface area contributed by atoms with Gasteiger partial charge in [0.2, 0.25) is 5.91 Å². The van der Waals surface area contributed by atoms with E-state index in [-0.39, 0.29) is 18.5 Å². The van der Waals surface area contributed by atoms with Crippen molar-refractivity contribution in [2.45, 2.75) is 51.5 Å². The molecule has 0 saturated carbocycles. The molecule has 1 aromatic carbocycles. The number of nitrogens with zero attached hydrogens (tertiary/aromatic N) is 1. The lowest BCUT2D eigenvalue weighted by Gasteiger charge is -2.28. The fourth-order valence-corrected chi connectivity index (χ4v) is 3.99. The molecule has 1 aliphatic heterocycles. The lowest BCUT2D eigenvalue weighted by Crippen LogP contribution is -2.44. The summed E-state index contributed by atoms with van der Waals surface area (Å²) in [4.78, 5) is 38.6. The van der Waals surface area contributed by atoms with E-state index in [1.54, 1.807) is 6.92 Å². The van der Waals surface area contributed by atoms with E-state index in [9.17, 15) is 19.5 Å². The van der Waals surface area contributed by atoms with Gasteiger partial charge in [0.05, 0.1) is 12.5 Å². The average molecular weight is 405 g/mol. The molecule has 1 aromatic rings. The number of amides is 1. The van der Waals surface area contributed by atoms with Gasteiger partial charge in [-0.3, -0.25) is 9.59 Å². The normalized spacial score (nSPS) is 18.3. The molecule has 1 aliphatic rings. The van der Waals surface area contributed by atoms with Crippen LogP contribution in [0.25, 0.3) is 0 Å². The second-order valence-electron chi connectivity index (χ2n) is 7.51. The molecule has 2 rings (SSSR count). The quantitative estimate of drug-likeness (QED) is 0.547. The minimum atomic E-state index is -0.978. The fraction of sp³-hybridized carbons (Fsp3) is 0.591. The van der Waals surface area contributed by atoms with Crippen molar-refractivity contribution in [3.8, 4) is 0 Å². The molecular weight excluding hydrogens is 372 g/mol. The third-order valence-electron chi connectivity index (χ3n) is 5.50. The Morgan fingerprint density at radius 2 is 1.93 bits per heavy atom. The van der Waals surface area contributed by atoms with Crippen LogP contribution >= 0.6 is 0 Å². The molecule has 1 amide bonds. The molecule has 1 heterocycles. The Bertz CT molecular complexity index is 679. The largest absolute Gasteiger partial charge is 0.480 e. The molecule has 0 aromatic heterocycles. The zero-order valence-corrected chi connectivity index (χ0v) is 17.1. The van der Waals surface area contributed by atoms with Gasteiger partial charge in [-0.1, -0.05) is 30.3 Å². The molecule has 1 saturated heterocycles. The van der Waals surface area contributed by atoms with Crippen molar-refractivity contribution in [2.24, 2.45) is 17.6 Å². The topological polar surface area (TPSA) is 110 Å². The van der Waals surface area contributed by atoms with Crippen LogP contribution in [0.3, 0.4) is 0 Å². The highest BCUT2D eigenvalue weighted by atomic mass is 16.5. The lowest BCUT2D eigenvalue weighted by molar-refractivity contribution is -0.152. The molecule has 1 fully saturated rings. The zero-order chi connectivity index (χ0) is 21.2. The maximum Gasteiger partial charge on any atom is 0.326 e. The summed E-state index contributed by atoms with van der Waals surface area (Å²) in [5.74, 6) is -2.41. The number of carbonyl (C=O) groups is 3. The van der Waals surface area contributed by atoms with Gasteiger partial charge >= 0.3 is 11.9 Å². The Hall–Kier alpha value is -2.41. The summed E-state index contributed by atoms with van der Waals surface area (Å²) in [6, 6.07) is 9.08. The van der Waals surface area contributed by atoms with Crippen LogP contribution in [-0.4, -0.2) is 53.6 Å². The first-order valence-corrected chi connectivity index (χ1v) is 10.4. The molecule has 160 valence electrons. The van der Waals surface area contributed by atoms with E-state index in [4.69, 9.17) is 10.5 Å². The fourth-order valence-electron chi connectivity index (χ4n) is 3.99.